The van der Waals surface area contributed by atoms with Crippen molar-refractivity contribution in [2.75, 3.05) is 0 Å². The van der Waals surface area contributed by atoms with Crippen LogP contribution in [0.15, 0.2) is 17.7 Å². The zero-order valence-corrected chi connectivity index (χ0v) is 7.51. The normalized spacial score (nSPS) is 12.3. The first-order valence-electron chi connectivity index (χ1n) is 2.13. The van der Waals surface area contributed by atoms with Crippen LogP contribution in [0.5, 0.6) is 0 Å². The standard InChI is InChI=1S/C6H7.2FH.Os/c1-6-4-2-3-5-6;;;/h2,4H,3H2,1H3;2*1H;/q-1;;;+2/p-2. The van der Waals surface area contributed by atoms with Crippen molar-refractivity contribution in [3.8, 4) is 0 Å². The number of halogens is 2. The maximum absolute atomic E-state index is 3.12. The first kappa shape index (κ1) is 16.0. The van der Waals surface area contributed by atoms with Crippen LogP contribution in [0.2, 0.25) is 0 Å². The van der Waals surface area contributed by atoms with E-state index in [-0.39, 0.29) is 29.2 Å². The summed E-state index contributed by atoms with van der Waals surface area (Å²) in [5.41, 5.74) is 1.27. The number of rotatable bonds is 0. The van der Waals surface area contributed by atoms with Crippen molar-refractivity contribution >= 4 is 0 Å². The molecule has 0 spiro atoms. The summed E-state index contributed by atoms with van der Waals surface area (Å²) in [7, 11) is 0. The van der Waals surface area contributed by atoms with Crippen molar-refractivity contribution in [3.05, 3.63) is 23.8 Å². The molecule has 0 saturated carbocycles. The monoisotopic (exact) mass is 309 g/mol. The molecule has 0 aromatic heterocycles. The Morgan fingerprint density at radius 3 is 2.11 bits per heavy atom. The topological polar surface area (TPSA) is 0 Å². The molecule has 9 heavy (non-hydrogen) atoms. The Morgan fingerprint density at radius 2 is 2.00 bits per heavy atom. The molecule has 0 N–H and O–H groups in total. The van der Waals surface area contributed by atoms with Crippen molar-refractivity contribution in [1.82, 2.24) is 0 Å². The van der Waals surface area contributed by atoms with E-state index < -0.39 is 0 Å². The van der Waals surface area contributed by atoms with E-state index in [1.807, 2.05) is 0 Å². The smallest absolute Gasteiger partial charge is 1.00 e. The van der Waals surface area contributed by atoms with Crippen molar-refractivity contribution in [3.63, 3.8) is 0 Å². The average Bonchev–Trinajstić information content (AvgIpc) is 1.86. The molecule has 0 unspecified atom stereocenters. The average molecular weight is 307 g/mol. The summed E-state index contributed by atoms with van der Waals surface area (Å²) in [4.78, 5) is 0. The van der Waals surface area contributed by atoms with Gasteiger partial charge in [-0.25, -0.2) is 11.6 Å². The number of allylic oxidation sites excluding steroid dienone is 4. The maximum atomic E-state index is 3.12. The van der Waals surface area contributed by atoms with Crippen molar-refractivity contribution < 1.29 is 29.2 Å². The minimum absolute atomic E-state index is 0. The molecule has 1 aliphatic rings. The van der Waals surface area contributed by atoms with Crippen LogP contribution in [-0.4, -0.2) is 0 Å². The minimum Gasteiger partial charge on any atom is -1.00 e. The number of hydrogen-bond donors (Lipinski definition) is 0. The number of hydrogen-bond acceptors (Lipinski definition) is 0. The van der Waals surface area contributed by atoms with E-state index in [4.69, 9.17) is 0 Å². The Hall–Kier alpha value is -0.0236. The third kappa shape index (κ3) is 5.85. The molecule has 0 saturated heterocycles. The molecule has 3 heteroatoms. The van der Waals surface area contributed by atoms with Crippen molar-refractivity contribution in [2.45, 2.75) is 13.3 Å². The zero-order valence-electron chi connectivity index (χ0n) is 4.97. The Balaban J connectivity index is -0.000000120. The van der Waals surface area contributed by atoms with Gasteiger partial charge in [0.1, 0.15) is 0 Å². The molecule has 1 rings (SSSR count). The van der Waals surface area contributed by atoms with Gasteiger partial charge in [-0.2, -0.15) is 6.08 Å². The molecule has 54 valence electrons. The van der Waals surface area contributed by atoms with Crippen LogP contribution in [0.3, 0.4) is 0 Å². The van der Waals surface area contributed by atoms with Crippen molar-refractivity contribution in [2.24, 2.45) is 0 Å². The second-order valence-corrected chi connectivity index (χ2v) is 1.47. The summed E-state index contributed by atoms with van der Waals surface area (Å²) in [5, 5.41) is 0. The van der Waals surface area contributed by atoms with Gasteiger partial charge >= 0.3 is 19.8 Å². The van der Waals surface area contributed by atoms with Gasteiger partial charge in [0.15, 0.2) is 0 Å². The Labute approximate surface area is 66.8 Å². The van der Waals surface area contributed by atoms with Gasteiger partial charge < -0.3 is 9.41 Å². The van der Waals surface area contributed by atoms with E-state index in [0.29, 0.717) is 0 Å². The van der Waals surface area contributed by atoms with Gasteiger partial charge in [-0.1, -0.05) is 6.92 Å². The van der Waals surface area contributed by atoms with Crippen LogP contribution in [0.4, 0.5) is 0 Å². The van der Waals surface area contributed by atoms with Gasteiger partial charge in [0.05, 0.1) is 0 Å². The first-order chi connectivity index (χ1) is 2.89. The van der Waals surface area contributed by atoms with Gasteiger partial charge in [-0.15, -0.1) is 6.42 Å². The molecule has 0 atom stereocenters. The van der Waals surface area contributed by atoms with E-state index in [9.17, 15) is 0 Å². The molecule has 0 aromatic rings. The van der Waals surface area contributed by atoms with E-state index in [2.05, 4.69) is 25.2 Å². The maximum Gasteiger partial charge on any atom is 2.00 e. The van der Waals surface area contributed by atoms with E-state index >= 15 is 0 Å². The summed E-state index contributed by atoms with van der Waals surface area (Å²) in [6.07, 6.45) is 8.33. The molecular formula is C6H7F2Os-. The fourth-order valence-corrected chi connectivity index (χ4v) is 0.515. The second kappa shape index (κ2) is 7.98. The predicted molar refractivity (Wildman–Crippen MR) is 26.2 cm³/mol. The Kier molecular flexibility index (Phi) is 14.2. The molecule has 0 radical (unpaired) electrons. The third-order valence-corrected chi connectivity index (χ3v) is 0.867. The van der Waals surface area contributed by atoms with Gasteiger partial charge in [-0.05, 0) is 0 Å². The largest absolute Gasteiger partial charge is 2.00 e. The summed E-state index contributed by atoms with van der Waals surface area (Å²) in [6.45, 7) is 2.06. The molecule has 0 aliphatic heterocycles. The quantitative estimate of drug-likeness (QED) is 0.397. The predicted octanol–water partition coefficient (Wildman–Crippen LogP) is -4.30. The SMILES string of the molecule is CC1=[C-]CC=C1.[F-].[F-].[Os+2]. The van der Waals surface area contributed by atoms with Gasteiger partial charge in [0.2, 0.25) is 0 Å². The minimum atomic E-state index is 0. The Bertz CT molecular complexity index is 105. The molecular weight excluding hydrogens is 300 g/mol. The molecule has 0 bridgehead atoms. The molecule has 0 amide bonds. The molecule has 0 aromatic carbocycles. The molecule has 0 heterocycles. The van der Waals surface area contributed by atoms with E-state index in [1.165, 1.54) is 5.57 Å². The summed E-state index contributed by atoms with van der Waals surface area (Å²) in [5.74, 6) is 0. The van der Waals surface area contributed by atoms with Gasteiger partial charge in [0, 0.05) is 0 Å². The second-order valence-electron chi connectivity index (χ2n) is 1.47. The first-order valence-corrected chi connectivity index (χ1v) is 2.13. The van der Waals surface area contributed by atoms with Gasteiger partial charge in [-0.3, -0.25) is 6.08 Å². The fraction of sp³-hybridized carbons (Fsp3) is 0.333. The fourth-order valence-electron chi connectivity index (χ4n) is 0.515. The van der Waals surface area contributed by atoms with Crippen LogP contribution in [-0.2, 0) is 19.8 Å². The van der Waals surface area contributed by atoms with Gasteiger partial charge in [0.25, 0.3) is 0 Å². The summed E-state index contributed by atoms with van der Waals surface area (Å²) < 4.78 is 0. The zero-order chi connectivity index (χ0) is 4.41. The summed E-state index contributed by atoms with van der Waals surface area (Å²) >= 11 is 0. The van der Waals surface area contributed by atoms with Crippen LogP contribution in [0.25, 0.3) is 0 Å². The Morgan fingerprint density at radius 1 is 1.44 bits per heavy atom. The van der Waals surface area contributed by atoms with E-state index in [1.54, 1.807) is 0 Å². The van der Waals surface area contributed by atoms with Crippen LogP contribution < -0.4 is 9.41 Å². The van der Waals surface area contributed by atoms with Crippen molar-refractivity contribution in [1.29, 1.82) is 0 Å². The van der Waals surface area contributed by atoms with E-state index in [0.717, 1.165) is 6.42 Å². The third-order valence-electron chi connectivity index (χ3n) is 0.867. The van der Waals surface area contributed by atoms with Crippen LogP contribution in [0.1, 0.15) is 13.3 Å². The summed E-state index contributed by atoms with van der Waals surface area (Å²) in [6, 6.07) is 0. The molecule has 0 nitrogen and oxygen atoms in total. The van der Waals surface area contributed by atoms with Crippen LogP contribution >= 0.6 is 0 Å². The molecule has 1 aliphatic carbocycles. The molecule has 0 fully saturated rings. The van der Waals surface area contributed by atoms with Crippen LogP contribution in [0, 0.1) is 6.08 Å².